The van der Waals surface area contributed by atoms with Gasteiger partial charge in [0.15, 0.2) is 6.10 Å². The van der Waals surface area contributed by atoms with Crippen LogP contribution in [0, 0.1) is 34.5 Å². The molecular formula is C39H48O8. The highest BCUT2D eigenvalue weighted by Gasteiger charge is 2.59. The smallest absolute Gasteiger partial charge is 0.303 e. The van der Waals surface area contributed by atoms with Gasteiger partial charge >= 0.3 is 5.97 Å². The summed E-state index contributed by atoms with van der Waals surface area (Å²) in [6, 6.07) is 11.0. The summed E-state index contributed by atoms with van der Waals surface area (Å²) in [5.41, 5.74) is 5.06. The van der Waals surface area contributed by atoms with Crippen molar-refractivity contribution >= 4 is 5.97 Å². The zero-order chi connectivity index (χ0) is 33.6. The second-order valence-electron chi connectivity index (χ2n) is 15.7. The van der Waals surface area contributed by atoms with E-state index in [1.807, 2.05) is 26.0 Å². The van der Waals surface area contributed by atoms with Gasteiger partial charge in [-0.15, -0.1) is 0 Å². The summed E-state index contributed by atoms with van der Waals surface area (Å²) >= 11 is 0. The summed E-state index contributed by atoms with van der Waals surface area (Å²) in [5.74, 6) is 1.03. The molecule has 0 bridgehead atoms. The number of aromatic hydroxyl groups is 2. The number of ether oxygens (including phenoxy) is 1. The van der Waals surface area contributed by atoms with E-state index in [4.69, 9.17) is 4.74 Å². The monoisotopic (exact) mass is 644 g/mol. The van der Waals surface area contributed by atoms with Gasteiger partial charge in [0.05, 0.1) is 18.3 Å². The summed E-state index contributed by atoms with van der Waals surface area (Å²) in [7, 11) is 0. The number of benzene rings is 2. The third-order valence-electron chi connectivity index (χ3n) is 13.1. The number of esters is 1. The second-order valence-corrected chi connectivity index (χ2v) is 15.7. The molecule has 8 rings (SSSR count). The molecule has 6 N–H and O–H groups in total. The number of aliphatic hydroxyl groups excluding tert-OH is 4. The molecule has 0 amide bonds. The molecule has 2 fully saturated rings. The number of rotatable bonds is 1. The highest BCUT2D eigenvalue weighted by Crippen LogP contribution is 2.62. The maximum absolute atomic E-state index is 11.5. The van der Waals surface area contributed by atoms with Gasteiger partial charge in [0.25, 0.3) is 0 Å². The van der Waals surface area contributed by atoms with Crippen LogP contribution in [0.2, 0.25) is 0 Å². The molecule has 2 aromatic carbocycles. The molecule has 0 aliphatic heterocycles. The van der Waals surface area contributed by atoms with Crippen LogP contribution in [0.4, 0.5) is 0 Å². The topological polar surface area (TPSA) is 148 Å². The van der Waals surface area contributed by atoms with Crippen LogP contribution >= 0.6 is 0 Å². The SMILES string of the molecule is CC(=O)O[C@H]1C(O)=CC2C3C(CC[C@@]21C)c1ccc(O)cc1C[C@@H]3O.CC1=CC2C3C(CC[C@]2(C)[C@H]1O)c1ccc(O)cc1C[C@@H]3O. The minimum Gasteiger partial charge on any atom is -0.509 e. The van der Waals surface area contributed by atoms with Crippen LogP contribution in [-0.4, -0.2) is 61.0 Å². The van der Waals surface area contributed by atoms with E-state index < -0.39 is 29.7 Å². The minimum atomic E-state index is -0.635. The molecule has 6 aliphatic rings. The molecule has 0 heterocycles. The number of hydrogen-bond acceptors (Lipinski definition) is 8. The minimum absolute atomic E-state index is 0.0292. The van der Waals surface area contributed by atoms with E-state index in [1.165, 1.54) is 18.1 Å². The molecule has 6 aliphatic carbocycles. The van der Waals surface area contributed by atoms with Crippen LogP contribution in [-0.2, 0) is 22.4 Å². The quantitative estimate of drug-likeness (QED) is 0.175. The highest BCUT2D eigenvalue weighted by atomic mass is 16.6. The Hall–Kier alpha value is -3.33. The molecule has 47 heavy (non-hydrogen) atoms. The van der Waals surface area contributed by atoms with Crippen molar-refractivity contribution in [3.05, 3.63) is 82.1 Å². The number of phenolic OH excluding ortho intramolecular Hbond substituents is 2. The van der Waals surface area contributed by atoms with Crippen molar-refractivity contribution in [1.82, 2.24) is 0 Å². The lowest BCUT2D eigenvalue weighted by Gasteiger charge is -2.51. The number of fused-ring (bicyclic) bond motifs is 10. The van der Waals surface area contributed by atoms with Crippen molar-refractivity contribution in [1.29, 1.82) is 0 Å². The lowest BCUT2D eigenvalue weighted by Crippen LogP contribution is -2.50. The fraction of sp³-hybridized carbons (Fsp3) is 0.564. The van der Waals surface area contributed by atoms with Crippen molar-refractivity contribution in [2.45, 2.75) is 102 Å². The third-order valence-corrected chi connectivity index (χ3v) is 13.1. The van der Waals surface area contributed by atoms with Crippen molar-refractivity contribution < 1.29 is 40.2 Å². The van der Waals surface area contributed by atoms with E-state index in [1.54, 1.807) is 30.3 Å². The van der Waals surface area contributed by atoms with Crippen LogP contribution in [0.3, 0.4) is 0 Å². The van der Waals surface area contributed by atoms with Crippen LogP contribution in [0.15, 0.2) is 59.9 Å². The van der Waals surface area contributed by atoms with Gasteiger partial charge in [-0.2, -0.15) is 0 Å². The Morgan fingerprint density at radius 2 is 1.26 bits per heavy atom. The van der Waals surface area contributed by atoms with Crippen molar-refractivity contribution in [3.8, 4) is 11.5 Å². The molecule has 0 aromatic heterocycles. The molecule has 0 spiro atoms. The Morgan fingerprint density at radius 1 is 0.766 bits per heavy atom. The maximum atomic E-state index is 11.5. The molecule has 0 saturated heterocycles. The Balaban J connectivity index is 0.000000151. The van der Waals surface area contributed by atoms with Gasteiger partial charge in [-0.3, -0.25) is 4.79 Å². The van der Waals surface area contributed by atoms with Crippen LogP contribution in [0.1, 0.15) is 87.5 Å². The number of aliphatic hydroxyl groups is 4. The first-order valence-electron chi connectivity index (χ1n) is 17.2. The Kier molecular flexibility index (Phi) is 7.81. The van der Waals surface area contributed by atoms with Crippen LogP contribution in [0.25, 0.3) is 0 Å². The van der Waals surface area contributed by atoms with E-state index in [-0.39, 0.29) is 58.4 Å². The van der Waals surface area contributed by atoms with Gasteiger partial charge in [-0.25, -0.2) is 0 Å². The van der Waals surface area contributed by atoms with E-state index >= 15 is 0 Å². The molecule has 252 valence electrons. The number of carbonyl (C=O) groups excluding carboxylic acids is 1. The summed E-state index contributed by atoms with van der Waals surface area (Å²) in [4.78, 5) is 11.5. The van der Waals surface area contributed by atoms with Gasteiger partial charge in [0, 0.05) is 17.8 Å². The number of hydrogen-bond donors (Lipinski definition) is 6. The molecule has 2 saturated carbocycles. The van der Waals surface area contributed by atoms with Gasteiger partial charge in [0.1, 0.15) is 17.3 Å². The van der Waals surface area contributed by atoms with E-state index in [0.717, 1.165) is 42.4 Å². The normalized spacial score (nSPS) is 40.9. The Morgan fingerprint density at radius 3 is 1.77 bits per heavy atom. The van der Waals surface area contributed by atoms with Crippen LogP contribution in [0.5, 0.6) is 11.5 Å². The number of phenols is 2. The Bertz CT molecular complexity index is 1650. The van der Waals surface area contributed by atoms with Gasteiger partial charge in [-0.05, 0) is 139 Å². The van der Waals surface area contributed by atoms with E-state index in [2.05, 4.69) is 13.0 Å². The first-order valence-corrected chi connectivity index (χ1v) is 17.2. The zero-order valence-electron chi connectivity index (χ0n) is 27.6. The summed E-state index contributed by atoms with van der Waals surface area (Å²) in [5, 5.41) is 62.1. The summed E-state index contributed by atoms with van der Waals surface area (Å²) < 4.78 is 5.42. The van der Waals surface area contributed by atoms with Crippen LogP contribution < -0.4 is 0 Å². The Labute approximate surface area is 276 Å². The van der Waals surface area contributed by atoms with Crippen molar-refractivity contribution in [2.75, 3.05) is 0 Å². The van der Waals surface area contributed by atoms with E-state index in [9.17, 15) is 35.4 Å². The zero-order valence-corrected chi connectivity index (χ0v) is 27.6. The number of allylic oxidation sites excluding steroid dienone is 2. The average Bonchev–Trinajstić information content (AvgIpc) is 3.39. The standard InChI is InChI=1S/C20H24O5.C19H24O3/c1-10(21)25-19-17(24)9-15-18-14(5-6-20(15,19)2)13-4-3-12(22)7-11(13)8-16(18)23;1-10-7-15-17-14(5-6-19(15,2)18(10)22)13-4-3-12(20)8-11(13)9-16(17)21/h3-4,7,9,14-16,18-19,22-24H,5-6,8H2,1-2H3;3-4,7-8,14-18,20-22H,5-6,9H2,1-2H3/t14?,15?,16-,18?,19-,20-;14?,15?,16-,17?,18-,19-/m00/s1. The first-order chi connectivity index (χ1) is 22.2. The lowest BCUT2D eigenvalue weighted by molar-refractivity contribution is -0.156. The lowest BCUT2D eigenvalue weighted by atomic mass is 9.54. The van der Waals surface area contributed by atoms with Gasteiger partial charge < -0.3 is 35.4 Å². The molecule has 0 radical (unpaired) electrons. The first kappa shape index (κ1) is 32.2. The fourth-order valence-corrected chi connectivity index (χ4v) is 10.8. The number of carbonyl (C=O) groups is 1. The maximum Gasteiger partial charge on any atom is 0.303 e. The third kappa shape index (κ3) is 5.01. The van der Waals surface area contributed by atoms with Crippen molar-refractivity contribution in [3.63, 3.8) is 0 Å². The highest BCUT2D eigenvalue weighted by molar-refractivity contribution is 5.66. The molecule has 6 unspecified atom stereocenters. The summed E-state index contributed by atoms with van der Waals surface area (Å²) in [6.45, 7) is 7.57. The van der Waals surface area contributed by atoms with Gasteiger partial charge in [-0.1, -0.05) is 32.1 Å². The molecule has 2 aromatic rings. The molecular weight excluding hydrogens is 596 g/mol. The van der Waals surface area contributed by atoms with Gasteiger partial charge in [0.2, 0.25) is 0 Å². The predicted molar refractivity (Wildman–Crippen MR) is 176 cm³/mol. The van der Waals surface area contributed by atoms with Crippen molar-refractivity contribution in [2.24, 2.45) is 34.5 Å². The molecule has 8 heteroatoms. The summed E-state index contributed by atoms with van der Waals surface area (Å²) in [6.07, 6.45) is 6.72. The second kappa shape index (κ2) is 11.4. The predicted octanol–water partition coefficient (Wildman–Crippen LogP) is 5.56. The largest absolute Gasteiger partial charge is 0.509 e. The average molecular weight is 645 g/mol. The van der Waals surface area contributed by atoms with E-state index in [0.29, 0.717) is 18.8 Å². The molecule has 8 nitrogen and oxygen atoms in total. The fourth-order valence-electron chi connectivity index (χ4n) is 10.8. The molecule has 12 atom stereocenters.